The van der Waals surface area contributed by atoms with E-state index in [0.29, 0.717) is 16.6 Å². The molecular formula is C17H20N2O4S. The van der Waals surface area contributed by atoms with Crippen molar-refractivity contribution in [1.82, 2.24) is 0 Å². The largest absolute Gasteiger partial charge is 0.463 e. The summed E-state index contributed by atoms with van der Waals surface area (Å²) in [5.41, 5.74) is 7.07. The third-order valence-electron chi connectivity index (χ3n) is 3.54. The highest BCUT2D eigenvalue weighted by atomic mass is 32.2. The first-order valence-corrected chi connectivity index (χ1v) is 8.61. The lowest BCUT2D eigenvalue weighted by Gasteiger charge is -2.26. The van der Waals surface area contributed by atoms with Gasteiger partial charge in [0.15, 0.2) is 5.09 Å². The van der Waals surface area contributed by atoms with Crippen LogP contribution in [0, 0.1) is 18.3 Å². The molecule has 24 heavy (non-hydrogen) atoms. The fourth-order valence-corrected chi connectivity index (χ4v) is 3.42. The maximum Gasteiger partial charge on any atom is 0.338 e. The van der Waals surface area contributed by atoms with Gasteiger partial charge < -0.3 is 19.6 Å². The first-order chi connectivity index (χ1) is 11.4. The van der Waals surface area contributed by atoms with Gasteiger partial charge in [0, 0.05) is 5.56 Å². The highest BCUT2D eigenvalue weighted by Gasteiger charge is 2.38. The van der Waals surface area contributed by atoms with Crippen molar-refractivity contribution in [3.63, 3.8) is 0 Å². The highest BCUT2D eigenvalue weighted by molar-refractivity contribution is 7.99. The SMILES string of the molecule is CCOC(=O)C1=C(C)OC(N)=C(C#N)C1c1cc(C)oc1SCC. The Morgan fingerprint density at radius 2 is 2.17 bits per heavy atom. The summed E-state index contributed by atoms with van der Waals surface area (Å²) in [6.45, 7) is 7.41. The van der Waals surface area contributed by atoms with E-state index in [1.807, 2.05) is 19.9 Å². The molecule has 0 spiro atoms. The molecule has 128 valence electrons. The van der Waals surface area contributed by atoms with E-state index in [1.165, 1.54) is 11.8 Å². The lowest BCUT2D eigenvalue weighted by molar-refractivity contribution is -0.139. The summed E-state index contributed by atoms with van der Waals surface area (Å²) in [5.74, 6) is 0.646. The van der Waals surface area contributed by atoms with Gasteiger partial charge in [-0.1, -0.05) is 18.7 Å². The van der Waals surface area contributed by atoms with Crippen molar-refractivity contribution in [1.29, 1.82) is 5.26 Å². The fraction of sp³-hybridized carbons (Fsp3) is 0.412. The summed E-state index contributed by atoms with van der Waals surface area (Å²) >= 11 is 1.50. The second-order valence-corrected chi connectivity index (χ2v) is 6.38. The molecule has 1 aliphatic rings. The number of aryl methyl sites for hydroxylation is 1. The molecule has 2 heterocycles. The molecule has 1 atom stereocenters. The van der Waals surface area contributed by atoms with E-state index in [0.717, 1.165) is 11.3 Å². The highest BCUT2D eigenvalue weighted by Crippen LogP contribution is 2.44. The zero-order valence-electron chi connectivity index (χ0n) is 14.1. The number of esters is 1. The lowest BCUT2D eigenvalue weighted by Crippen LogP contribution is -2.25. The van der Waals surface area contributed by atoms with Crippen LogP contribution in [-0.2, 0) is 14.3 Å². The Labute approximate surface area is 145 Å². The van der Waals surface area contributed by atoms with Gasteiger partial charge in [-0.05, 0) is 32.6 Å². The van der Waals surface area contributed by atoms with Crippen molar-refractivity contribution in [3.8, 4) is 6.07 Å². The summed E-state index contributed by atoms with van der Waals surface area (Å²) in [7, 11) is 0. The van der Waals surface area contributed by atoms with Crippen molar-refractivity contribution in [2.75, 3.05) is 12.4 Å². The van der Waals surface area contributed by atoms with Gasteiger partial charge in [-0.2, -0.15) is 5.26 Å². The number of ether oxygens (including phenoxy) is 2. The number of thioether (sulfide) groups is 1. The third kappa shape index (κ3) is 3.29. The zero-order valence-corrected chi connectivity index (χ0v) is 15.0. The summed E-state index contributed by atoms with van der Waals surface area (Å²) in [5, 5.41) is 10.2. The van der Waals surface area contributed by atoms with Crippen LogP contribution < -0.4 is 5.73 Å². The maximum absolute atomic E-state index is 12.5. The number of carbonyl (C=O) groups excluding carboxylic acids is 1. The van der Waals surface area contributed by atoms with Gasteiger partial charge in [0.25, 0.3) is 0 Å². The van der Waals surface area contributed by atoms with Crippen LogP contribution in [0.1, 0.15) is 38.0 Å². The first-order valence-electron chi connectivity index (χ1n) is 7.63. The Morgan fingerprint density at radius 3 is 2.75 bits per heavy atom. The molecule has 0 aliphatic carbocycles. The minimum Gasteiger partial charge on any atom is -0.463 e. The van der Waals surface area contributed by atoms with Gasteiger partial charge >= 0.3 is 5.97 Å². The molecule has 0 bridgehead atoms. The number of nitriles is 1. The van der Waals surface area contributed by atoms with Crippen molar-refractivity contribution in [3.05, 3.63) is 40.2 Å². The average molecular weight is 348 g/mol. The van der Waals surface area contributed by atoms with Crippen LogP contribution in [-0.4, -0.2) is 18.3 Å². The molecule has 0 aromatic carbocycles. The summed E-state index contributed by atoms with van der Waals surface area (Å²) in [4.78, 5) is 12.5. The number of furan rings is 1. The Kier molecular flexibility index (Phi) is 5.62. The fourth-order valence-electron chi connectivity index (χ4n) is 2.62. The van der Waals surface area contributed by atoms with Crippen LogP contribution in [0.3, 0.4) is 0 Å². The zero-order chi connectivity index (χ0) is 17.9. The predicted octanol–water partition coefficient (Wildman–Crippen LogP) is 3.34. The molecule has 0 fully saturated rings. The monoisotopic (exact) mass is 348 g/mol. The summed E-state index contributed by atoms with van der Waals surface area (Å²) in [6, 6.07) is 3.89. The Balaban J connectivity index is 2.65. The normalized spacial score (nSPS) is 17.5. The minimum absolute atomic E-state index is 0.000602. The molecule has 0 saturated heterocycles. The first kappa shape index (κ1) is 18.0. The molecule has 0 radical (unpaired) electrons. The molecule has 2 N–H and O–H groups in total. The quantitative estimate of drug-likeness (QED) is 0.643. The number of nitrogens with zero attached hydrogens (tertiary/aromatic N) is 1. The van der Waals surface area contributed by atoms with Crippen molar-refractivity contribution in [2.24, 2.45) is 5.73 Å². The number of hydrogen-bond acceptors (Lipinski definition) is 7. The van der Waals surface area contributed by atoms with Crippen molar-refractivity contribution < 1.29 is 18.7 Å². The molecule has 0 saturated carbocycles. The molecule has 2 rings (SSSR count). The van der Waals surface area contributed by atoms with Gasteiger partial charge in [0.1, 0.15) is 23.2 Å². The van der Waals surface area contributed by atoms with Gasteiger partial charge in [0.05, 0.1) is 18.1 Å². The topological polar surface area (TPSA) is 98.5 Å². The smallest absolute Gasteiger partial charge is 0.338 e. The van der Waals surface area contributed by atoms with Gasteiger partial charge in [-0.15, -0.1) is 0 Å². The van der Waals surface area contributed by atoms with Gasteiger partial charge in [-0.3, -0.25) is 0 Å². The number of rotatable bonds is 5. The van der Waals surface area contributed by atoms with Gasteiger partial charge in [0.2, 0.25) is 5.88 Å². The minimum atomic E-state index is -0.658. The molecule has 1 aliphatic heterocycles. The van der Waals surface area contributed by atoms with Crippen LogP contribution in [0.4, 0.5) is 0 Å². The number of nitrogens with two attached hydrogens (primary N) is 1. The Bertz CT molecular complexity index is 755. The third-order valence-corrected chi connectivity index (χ3v) is 4.41. The van der Waals surface area contributed by atoms with E-state index in [4.69, 9.17) is 19.6 Å². The molecule has 0 amide bonds. The van der Waals surface area contributed by atoms with Gasteiger partial charge in [-0.25, -0.2) is 4.79 Å². The molecule has 1 unspecified atom stereocenters. The molecule has 6 nitrogen and oxygen atoms in total. The standard InChI is InChI=1S/C17H20N2O4S/c1-5-21-16(20)13-10(4)23-15(19)12(8-18)14(13)11-7-9(3)22-17(11)24-6-2/h7,14H,5-6,19H2,1-4H3. The summed E-state index contributed by atoms with van der Waals surface area (Å²) in [6.07, 6.45) is 0. The number of allylic oxidation sites excluding steroid dienone is 2. The summed E-state index contributed by atoms with van der Waals surface area (Å²) < 4.78 is 16.3. The molecule has 1 aromatic rings. The number of carbonyl (C=O) groups is 1. The molecule has 7 heteroatoms. The van der Waals surface area contributed by atoms with Crippen molar-refractivity contribution in [2.45, 2.75) is 38.7 Å². The van der Waals surface area contributed by atoms with E-state index < -0.39 is 11.9 Å². The predicted molar refractivity (Wildman–Crippen MR) is 89.8 cm³/mol. The maximum atomic E-state index is 12.5. The van der Waals surface area contributed by atoms with E-state index in [9.17, 15) is 10.1 Å². The second kappa shape index (κ2) is 7.49. The van der Waals surface area contributed by atoms with Crippen molar-refractivity contribution >= 4 is 17.7 Å². The second-order valence-electron chi connectivity index (χ2n) is 5.15. The Hall–Kier alpha value is -2.33. The lowest BCUT2D eigenvalue weighted by atomic mass is 9.84. The van der Waals surface area contributed by atoms with E-state index in [1.54, 1.807) is 13.8 Å². The van der Waals surface area contributed by atoms with E-state index in [-0.39, 0.29) is 23.6 Å². The average Bonchev–Trinajstić information content (AvgIpc) is 2.87. The van der Waals surface area contributed by atoms with E-state index >= 15 is 0 Å². The van der Waals surface area contributed by atoms with Crippen LogP contribution in [0.5, 0.6) is 0 Å². The Morgan fingerprint density at radius 1 is 1.46 bits per heavy atom. The van der Waals surface area contributed by atoms with E-state index in [2.05, 4.69) is 6.07 Å². The number of hydrogen-bond donors (Lipinski definition) is 1. The van der Waals surface area contributed by atoms with Crippen LogP contribution >= 0.6 is 11.8 Å². The van der Waals surface area contributed by atoms with Crippen LogP contribution in [0.25, 0.3) is 0 Å². The van der Waals surface area contributed by atoms with Crippen LogP contribution in [0.2, 0.25) is 0 Å². The van der Waals surface area contributed by atoms with Crippen LogP contribution in [0.15, 0.2) is 38.4 Å². The molecular weight excluding hydrogens is 328 g/mol. The molecule has 1 aromatic heterocycles.